The molecular weight excluding hydrogens is 234 g/mol. The maximum atomic E-state index is 12.3. The van der Waals surface area contributed by atoms with Crippen LogP contribution < -0.4 is 5.32 Å². The number of unbranched alkanes of at least 4 members (excludes halogenated alkanes) is 1. The van der Waals surface area contributed by atoms with Gasteiger partial charge in [-0.15, -0.1) is 0 Å². The van der Waals surface area contributed by atoms with Gasteiger partial charge in [-0.1, -0.05) is 63.9 Å². The molecule has 0 aliphatic rings. The highest BCUT2D eigenvalue weighted by Crippen LogP contribution is 2.20. The fraction of sp³-hybridized carbons (Fsp3) is 0.588. The van der Waals surface area contributed by atoms with Crippen LogP contribution in [0, 0.1) is 11.8 Å². The summed E-state index contributed by atoms with van der Waals surface area (Å²) >= 11 is 0. The highest BCUT2D eigenvalue weighted by atomic mass is 16.1. The zero-order chi connectivity index (χ0) is 14.1. The average molecular weight is 261 g/mol. The van der Waals surface area contributed by atoms with Gasteiger partial charge < -0.3 is 5.32 Å². The number of benzene rings is 1. The lowest BCUT2D eigenvalue weighted by Gasteiger charge is -2.22. The van der Waals surface area contributed by atoms with E-state index >= 15 is 0 Å². The quantitative estimate of drug-likeness (QED) is 0.708. The Hall–Kier alpha value is -1.31. The Morgan fingerprint density at radius 2 is 1.89 bits per heavy atom. The Morgan fingerprint density at radius 1 is 1.21 bits per heavy atom. The van der Waals surface area contributed by atoms with Gasteiger partial charge in [0.25, 0.3) is 0 Å². The van der Waals surface area contributed by atoms with Gasteiger partial charge in [0.1, 0.15) is 0 Å². The van der Waals surface area contributed by atoms with E-state index in [-0.39, 0.29) is 11.8 Å². The molecule has 0 saturated carbocycles. The van der Waals surface area contributed by atoms with Gasteiger partial charge in [0.2, 0.25) is 5.91 Å². The number of amides is 1. The lowest BCUT2D eigenvalue weighted by molar-refractivity contribution is -0.126. The van der Waals surface area contributed by atoms with Gasteiger partial charge in [0.15, 0.2) is 0 Å². The molecule has 0 aliphatic heterocycles. The summed E-state index contributed by atoms with van der Waals surface area (Å²) in [4.78, 5) is 12.3. The Labute approximate surface area is 117 Å². The van der Waals surface area contributed by atoms with Crippen LogP contribution in [-0.2, 0) is 11.2 Å². The molecule has 0 bridgehead atoms. The summed E-state index contributed by atoms with van der Waals surface area (Å²) in [6.45, 7) is 7.27. The predicted molar refractivity (Wildman–Crippen MR) is 81.0 cm³/mol. The minimum absolute atomic E-state index is 0.0873. The van der Waals surface area contributed by atoms with Gasteiger partial charge in [0.05, 0.1) is 0 Å². The highest BCUT2D eigenvalue weighted by Gasteiger charge is 2.23. The molecule has 1 unspecified atom stereocenters. The number of nitrogens with one attached hydrogen (secondary N) is 1. The SMILES string of the molecule is CCCCNC(=O)[C@H](Cc1ccccc1)C(C)CC. The first kappa shape index (κ1) is 15.7. The molecule has 0 spiro atoms. The Kier molecular flexibility index (Phi) is 7.24. The fourth-order valence-electron chi connectivity index (χ4n) is 2.22. The summed E-state index contributed by atoms with van der Waals surface area (Å²) in [5.74, 6) is 0.720. The monoisotopic (exact) mass is 261 g/mol. The standard InChI is InChI=1S/C17H27NO/c1-4-6-12-18-17(19)16(14(3)5-2)13-15-10-8-7-9-11-15/h7-11,14,16H,4-6,12-13H2,1-3H3,(H,18,19)/t14?,16-/m1/s1. The third-order valence-corrected chi connectivity index (χ3v) is 3.80. The summed E-state index contributed by atoms with van der Waals surface area (Å²) in [5.41, 5.74) is 1.25. The van der Waals surface area contributed by atoms with E-state index < -0.39 is 0 Å². The molecule has 0 radical (unpaired) electrons. The third kappa shape index (κ3) is 5.46. The topological polar surface area (TPSA) is 29.1 Å². The average Bonchev–Trinajstić information content (AvgIpc) is 2.45. The Morgan fingerprint density at radius 3 is 2.47 bits per heavy atom. The number of rotatable bonds is 8. The van der Waals surface area contributed by atoms with Crippen LogP contribution in [0.3, 0.4) is 0 Å². The van der Waals surface area contributed by atoms with Crippen LogP contribution in [0.25, 0.3) is 0 Å². The smallest absolute Gasteiger partial charge is 0.223 e. The second-order valence-electron chi connectivity index (χ2n) is 5.33. The van der Waals surface area contributed by atoms with Crippen molar-refractivity contribution in [2.45, 2.75) is 46.5 Å². The molecule has 1 amide bonds. The molecule has 1 aromatic carbocycles. The molecule has 2 heteroatoms. The Balaban J connectivity index is 2.64. The normalized spacial score (nSPS) is 13.8. The van der Waals surface area contributed by atoms with Crippen LogP contribution in [0.2, 0.25) is 0 Å². The lowest BCUT2D eigenvalue weighted by Crippen LogP contribution is -2.36. The molecule has 19 heavy (non-hydrogen) atoms. The van der Waals surface area contributed by atoms with Gasteiger partial charge in [-0.2, -0.15) is 0 Å². The van der Waals surface area contributed by atoms with Crippen LogP contribution in [0.5, 0.6) is 0 Å². The molecule has 0 aromatic heterocycles. The maximum Gasteiger partial charge on any atom is 0.223 e. The zero-order valence-corrected chi connectivity index (χ0v) is 12.5. The highest BCUT2D eigenvalue weighted by molar-refractivity contribution is 5.79. The van der Waals surface area contributed by atoms with Crippen LogP contribution in [0.1, 0.15) is 45.6 Å². The molecule has 0 saturated heterocycles. The van der Waals surface area contributed by atoms with E-state index in [1.807, 2.05) is 18.2 Å². The van der Waals surface area contributed by atoms with Crippen molar-refractivity contribution in [3.63, 3.8) is 0 Å². The number of carbonyl (C=O) groups excluding carboxylic acids is 1. The van der Waals surface area contributed by atoms with Crippen molar-refractivity contribution in [2.24, 2.45) is 11.8 Å². The molecular formula is C17H27NO. The van der Waals surface area contributed by atoms with Crippen molar-refractivity contribution >= 4 is 5.91 Å². The predicted octanol–water partition coefficient (Wildman–Crippen LogP) is 3.81. The molecule has 106 valence electrons. The van der Waals surface area contributed by atoms with Crippen LogP contribution in [-0.4, -0.2) is 12.5 Å². The fourth-order valence-corrected chi connectivity index (χ4v) is 2.22. The summed E-state index contributed by atoms with van der Waals surface area (Å²) < 4.78 is 0. The van der Waals surface area contributed by atoms with E-state index in [0.717, 1.165) is 32.2 Å². The van der Waals surface area contributed by atoms with Crippen LogP contribution in [0.15, 0.2) is 30.3 Å². The van der Waals surface area contributed by atoms with Crippen molar-refractivity contribution in [3.05, 3.63) is 35.9 Å². The van der Waals surface area contributed by atoms with Gasteiger partial charge in [0, 0.05) is 12.5 Å². The Bertz CT molecular complexity index is 361. The minimum atomic E-state index is 0.0873. The summed E-state index contributed by atoms with van der Waals surface area (Å²) in [7, 11) is 0. The van der Waals surface area contributed by atoms with E-state index in [2.05, 4.69) is 38.2 Å². The van der Waals surface area contributed by atoms with E-state index in [4.69, 9.17) is 0 Å². The van der Waals surface area contributed by atoms with E-state index in [1.54, 1.807) is 0 Å². The molecule has 2 nitrogen and oxygen atoms in total. The minimum Gasteiger partial charge on any atom is -0.356 e. The molecule has 2 atom stereocenters. The number of carbonyl (C=O) groups is 1. The van der Waals surface area contributed by atoms with E-state index in [9.17, 15) is 4.79 Å². The van der Waals surface area contributed by atoms with E-state index in [1.165, 1.54) is 5.56 Å². The summed E-state index contributed by atoms with van der Waals surface area (Å²) in [5, 5.41) is 3.08. The van der Waals surface area contributed by atoms with Crippen molar-refractivity contribution in [2.75, 3.05) is 6.54 Å². The first-order chi connectivity index (χ1) is 9.19. The van der Waals surface area contributed by atoms with Gasteiger partial charge in [-0.3, -0.25) is 4.79 Å². The van der Waals surface area contributed by atoms with Crippen molar-refractivity contribution in [3.8, 4) is 0 Å². The second kappa shape index (κ2) is 8.73. The van der Waals surface area contributed by atoms with Gasteiger partial charge in [-0.25, -0.2) is 0 Å². The molecule has 0 heterocycles. The number of hydrogen-bond acceptors (Lipinski definition) is 1. The largest absolute Gasteiger partial charge is 0.356 e. The van der Waals surface area contributed by atoms with Crippen molar-refractivity contribution < 1.29 is 4.79 Å². The molecule has 1 N–H and O–H groups in total. The summed E-state index contributed by atoms with van der Waals surface area (Å²) in [6, 6.07) is 10.3. The second-order valence-corrected chi connectivity index (χ2v) is 5.33. The molecule has 1 rings (SSSR count). The molecule has 0 fully saturated rings. The lowest BCUT2D eigenvalue weighted by atomic mass is 9.85. The molecule has 1 aromatic rings. The summed E-state index contributed by atoms with van der Waals surface area (Å²) in [6.07, 6.45) is 4.06. The van der Waals surface area contributed by atoms with Gasteiger partial charge in [-0.05, 0) is 24.3 Å². The molecule has 0 aliphatic carbocycles. The van der Waals surface area contributed by atoms with Crippen molar-refractivity contribution in [1.82, 2.24) is 5.32 Å². The van der Waals surface area contributed by atoms with Crippen molar-refractivity contribution in [1.29, 1.82) is 0 Å². The van der Waals surface area contributed by atoms with E-state index in [0.29, 0.717) is 5.92 Å². The van der Waals surface area contributed by atoms with Crippen LogP contribution in [0.4, 0.5) is 0 Å². The first-order valence-electron chi connectivity index (χ1n) is 7.50. The van der Waals surface area contributed by atoms with Gasteiger partial charge >= 0.3 is 0 Å². The third-order valence-electron chi connectivity index (χ3n) is 3.80. The first-order valence-corrected chi connectivity index (χ1v) is 7.50. The number of hydrogen-bond donors (Lipinski definition) is 1. The zero-order valence-electron chi connectivity index (χ0n) is 12.5. The maximum absolute atomic E-state index is 12.3. The van der Waals surface area contributed by atoms with Crippen LogP contribution >= 0.6 is 0 Å².